The van der Waals surface area contributed by atoms with Gasteiger partial charge in [-0.2, -0.15) is 0 Å². The first kappa shape index (κ1) is 24.1. The number of carbonyl (C=O) groups is 3. The minimum atomic E-state index is -0.965. The van der Waals surface area contributed by atoms with Crippen molar-refractivity contribution in [2.24, 2.45) is 0 Å². The van der Waals surface area contributed by atoms with E-state index in [1.54, 1.807) is 41.5 Å². The third-order valence-corrected chi connectivity index (χ3v) is 2.48. The van der Waals surface area contributed by atoms with Crippen LogP contribution in [0.2, 0.25) is 0 Å². The van der Waals surface area contributed by atoms with Crippen molar-refractivity contribution in [3.05, 3.63) is 0 Å². The molecule has 0 radical (unpaired) electrons. The summed E-state index contributed by atoms with van der Waals surface area (Å²) in [5.41, 5.74) is -1.59. The average Bonchev–Trinajstić information content (AvgIpc) is 2.44. The Kier molecular flexibility index (Phi) is 10.2. The van der Waals surface area contributed by atoms with Crippen molar-refractivity contribution in [1.29, 1.82) is 0 Å². The second-order valence-electron chi connectivity index (χ2n) is 7.62. The van der Waals surface area contributed by atoms with Gasteiger partial charge in [0.05, 0.1) is 13.2 Å². The molecule has 0 saturated heterocycles. The fourth-order valence-corrected chi connectivity index (χ4v) is 1.52. The Balaban J connectivity index is 4.56. The van der Waals surface area contributed by atoms with Crippen molar-refractivity contribution in [2.45, 2.75) is 66.1 Å². The van der Waals surface area contributed by atoms with Crippen LogP contribution in [0.3, 0.4) is 0 Å². The molecule has 0 aliphatic heterocycles. The molecule has 152 valence electrons. The third kappa shape index (κ3) is 12.5. The van der Waals surface area contributed by atoms with Crippen molar-refractivity contribution in [3.63, 3.8) is 0 Å². The van der Waals surface area contributed by atoms with Gasteiger partial charge < -0.3 is 20.1 Å². The number of hydrogen-bond donors (Lipinski definition) is 2. The first-order chi connectivity index (χ1) is 11.9. The second-order valence-corrected chi connectivity index (χ2v) is 7.62. The smallest absolute Gasteiger partial charge is 0.442 e. The lowest BCUT2D eigenvalue weighted by Gasteiger charge is -2.27. The van der Waals surface area contributed by atoms with Crippen molar-refractivity contribution < 1.29 is 28.7 Å². The predicted octanol–water partition coefficient (Wildman–Crippen LogP) is 2.21. The van der Waals surface area contributed by atoms with E-state index in [-0.39, 0.29) is 25.6 Å². The summed E-state index contributed by atoms with van der Waals surface area (Å²) in [6.45, 7) is 13.0. The first-order valence-electron chi connectivity index (χ1n) is 8.72. The number of ether oxygens (including phenoxy) is 2. The molecule has 0 heterocycles. The number of imide groups is 1. The zero-order chi connectivity index (χ0) is 20.4. The highest BCUT2D eigenvalue weighted by molar-refractivity contribution is 5.86. The standard InChI is InChI=1S/C17H33N3O6/c1-8-9-19-13(21)12-18-10-11-24-20(14(22)25-16(2,3)4)15(23)26-17(5,6)7/h18H,8-12H2,1-7H3,(H,19,21). The quantitative estimate of drug-likeness (QED) is 0.495. The second kappa shape index (κ2) is 11.0. The summed E-state index contributed by atoms with van der Waals surface area (Å²) in [5, 5.41) is 6.03. The van der Waals surface area contributed by atoms with Crippen LogP contribution in [-0.4, -0.2) is 60.6 Å². The molecule has 0 aromatic carbocycles. The van der Waals surface area contributed by atoms with Gasteiger partial charge in [-0.15, -0.1) is 0 Å². The van der Waals surface area contributed by atoms with E-state index >= 15 is 0 Å². The predicted molar refractivity (Wildman–Crippen MR) is 96.4 cm³/mol. The van der Waals surface area contributed by atoms with E-state index in [0.29, 0.717) is 11.6 Å². The minimum Gasteiger partial charge on any atom is -0.442 e. The number of amides is 3. The van der Waals surface area contributed by atoms with E-state index < -0.39 is 23.4 Å². The number of hydroxylamine groups is 2. The van der Waals surface area contributed by atoms with Gasteiger partial charge in [0.1, 0.15) is 11.2 Å². The fourth-order valence-electron chi connectivity index (χ4n) is 1.52. The molecule has 9 nitrogen and oxygen atoms in total. The number of nitrogens with zero attached hydrogens (tertiary/aromatic N) is 1. The van der Waals surface area contributed by atoms with Gasteiger partial charge in [-0.05, 0) is 48.0 Å². The van der Waals surface area contributed by atoms with Gasteiger partial charge in [-0.1, -0.05) is 12.0 Å². The molecule has 0 spiro atoms. The van der Waals surface area contributed by atoms with Crippen LogP contribution in [0.25, 0.3) is 0 Å². The summed E-state index contributed by atoms with van der Waals surface area (Å²) < 4.78 is 10.3. The maximum absolute atomic E-state index is 12.2. The van der Waals surface area contributed by atoms with Gasteiger partial charge in [0.2, 0.25) is 5.91 Å². The Hall–Kier alpha value is -1.87. The van der Waals surface area contributed by atoms with Gasteiger partial charge in [-0.25, -0.2) is 9.59 Å². The number of carbonyl (C=O) groups excluding carboxylic acids is 3. The average molecular weight is 375 g/mol. The van der Waals surface area contributed by atoms with Crippen LogP contribution in [-0.2, 0) is 19.1 Å². The summed E-state index contributed by atoms with van der Waals surface area (Å²) in [6.07, 6.45) is -1.07. The van der Waals surface area contributed by atoms with Crippen molar-refractivity contribution in [2.75, 3.05) is 26.2 Å². The minimum absolute atomic E-state index is 0.0282. The van der Waals surface area contributed by atoms with E-state index in [2.05, 4.69) is 10.6 Å². The topological polar surface area (TPSA) is 106 Å². The summed E-state index contributed by atoms with van der Waals surface area (Å²) in [5.74, 6) is -0.136. The number of hydrogen-bond acceptors (Lipinski definition) is 7. The van der Waals surface area contributed by atoms with Gasteiger partial charge in [0.15, 0.2) is 0 Å². The van der Waals surface area contributed by atoms with Gasteiger partial charge in [-0.3, -0.25) is 9.63 Å². The van der Waals surface area contributed by atoms with Gasteiger partial charge in [0.25, 0.3) is 0 Å². The largest absolute Gasteiger partial charge is 0.444 e. The molecule has 0 atom stereocenters. The fraction of sp³-hybridized carbons (Fsp3) is 0.824. The molecule has 0 bridgehead atoms. The van der Waals surface area contributed by atoms with Crippen LogP contribution >= 0.6 is 0 Å². The third-order valence-electron chi connectivity index (χ3n) is 2.48. The molecule has 0 rings (SSSR count). The summed E-state index contributed by atoms with van der Waals surface area (Å²) in [7, 11) is 0. The molecule has 26 heavy (non-hydrogen) atoms. The van der Waals surface area contributed by atoms with Crippen LogP contribution in [0.1, 0.15) is 54.9 Å². The maximum atomic E-state index is 12.2. The summed E-state index contributed by atoms with van der Waals surface area (Å²) >= 11 is 0. The first-order valence-corrected chi connectivity index (χ1v) is 8.72. The molecule has 0 fully saturated rings. The van der Waals surface area contributed by atoms with E-state index in [0.717, 1.165) is 6.42 Å². The lowest BCUT2D eigenvalue weighted by molar-refractivity contribution is -0.137. The van der Waals surface area contributed by atoms with Gasteiger partial charge in [0, 0.05) is 13.1 Å². The molecular formula is C17H33N3O6. The summed E-state index contributed by atoms with van der Waals surface area (Å²) in [4.78, 5) is 41.0. The summed E-state index contributed by atoms with van der Waals surface area (Å²) in [6, 6.07) is 0. The lowest BCUT2D eigenvalue weighted by atomic mass is 10.2. The Bertz CT molecular complexity index is 440. The zero-order valence-electron chi connectivity index (χ0n) is 16.9. The van der Waals surface area contributed by atoms with E-state index in [4.69, 9.17) is 14.3 Å². The molecule has 3 amide bonds. The maximum Gasteiger partial charge on any atom is 0.444 e. The van der Waals surface area contributed by atoms with Crippen LogP contribution in [0.5, 0.6) is 0 Å². The molecular weight excluding hydrogens is 342 g/mol. The van der Waals surface area contributed by atoms with Crippen LogP contribution < -0.4 is 10.6 Å². The monoisotopic (exact) mass is 375 g/mol. The normalized spacial score (nSPS) is 11.7. The highest BCUT2D eigenvalue weighted by atomic mass is 16.8. The SMILES string of the molecule is CCCNC(=O)CNCCON(C(=O)OC(C)(C)C)C(=O)OC(C)(C)C. The van der Waals surface area contributed by atoms with E-state index in [1.165, 1.54) is 0 Å². The number of rotatable bonds is 8. The van der Waals surface area contributed by atoms with Crippen molar-refractivity contribution >= 4 is 18.1 Å². The van der Waals surface area contributed by atoms with Crippen LogP contribution in [0, 0.1) is 0 Å². The van der Waals surface area contributed by atoms with Crippen LogP contribution in [0.15, 0.2) is 0 Å². The lowest BCUT2D eigenvalue weighted by Crippen LogP contribution is -2.44. The molecule has 9 heteroatoms. The number of nitrogens with one attached hydrogen (secondary N) is 2. The van der Waals surface area contributed by atoms with Gasteiger partial charge >= 0.3 is 12.2 Å². The molecule has 0 unspecified atom stereocenters. The molecule has 0 saturated carbocycles. The Morgan fingerprint density at radius 1 is 0.885 bits per heavy atom. The highest BCUT2D eigenvalue weighted by Crippen LogP contribution is 2.14. The highest BCUT2D eigenvalue weighted by Gasteiger charge is 2.32. The van der Waals surface area contributed by atoms with Crippen LogP contribution in [0.4, 0.5) is 9.59 Å². The zero-order valence-corrected chi connectivity index (χ0v) is 16.9. The van der Waals surface area contributed by atoms with E-state index in [9.17, 15) is 14.4 Å². The molecule has 0 aromatic rings. The molecule has 0 aromatic heterocycles. The Morgan fingerprint density at radius 2 is 1.38 bits per heavy atom. The molecule has 0 aliphatic rings. The van der Waals surface area contributed by atoms with Crippen molar-refractivity contribution in [3.8, 4) is 0 Å². The van der Waals surface area contributed by atoms with Crippen molar-refractivity contribution in [1.82, 2.24) is 15.7 Å². The molecule has 0 aliphatic carbocycles. The Morgan fingerprint density at radius 3 is 1.81 bits per heavy atom. The Labute approximate surface area is 155 Å². The molecule has 2 N–H and O–H groups in total. The van der Waals surface area contributed by atoms with E-state index in [1.807, 2.05) is 6.92 Å².